The van der Waals surface area contributed by atoms with Crippen LogP contribution in [0.2, 0.25) is 0 Å². The molecule has 1 aromatic carbocycles. The quantitative estimate of drug-likeness (QED) is 0.618. The molecule has 1 heterocycles. The number of benzene rings is 1. The molecule has 0 saturated heterocycles. The molecule has 1 aliphatic heterocycles. The molecule has 0 atom stereocenters. The lowest BCUT2D eigenvalue weighted by atomic mass is 10.1. The molecule has 4 heteroatoms. The Kier molecular flexibility index (Phi) is 2.06. The Morgan fingerprint density at radius 1 is 1.38 bits per heavy atom. The highest BCUT2D eigenvalue weighted by molar-refractivity contribution is 7.71. The summed E-state index contributed by atoms with van der Waals surface area (Å²) in [6.07, 6.45) is 1.92. The van der Waals surface area contributed by atoms with Gasteiger partial charge in [0.1, 0.15) is 5.75 Å². The fraction of sp³-hybridized carbons (Fsp3) is 0.111. The van der Waals surface area contributed by atoms with Crippen LogP contribution < -0.4 is 4.74 Å². The summed E-state index contributed by atoms with van der Waals surface area (Å²) in [7, 11) is -2.14. The van der Waals surface area contributed by atoms with Crippen LogP contribution in [0.5, 0.6) is 5.75 Å². The highest BCUT2D eigenvalue weighted by Gasteiger charge is 2.11. The van der Waals surface area contributed by atoms with E-state index in [0.717, 1.165) is 11.3 Å². The molecule has 0 N–H and O–H groups in total. The van der Waals surface area contributed by atoms with Gasteiger partial charge < -0.3 is 4.74 Å². The van der Waals surface area contributed by atoms with E-state index in [0.29, 0.717) is 12.2 Å². The van der Waals surface area contributed by atoms with Crippen molar-refractivity contribution in [3.05, 3.63) is 35.7 Å². The van der Waals surface area contributed by atoms with Crippen molar-refractivity contribution in [3.63, 3.8) is 0 Å². The zero-order chi connectivity index (χ0) is 9.26. The van der Waals surface area contributed by atoms with Gasteiger partial charge in [-0.1, -0.05) is 6.07 Å². The predicted octanol–water partition coefficient (Wildman–Crippen LogP) is 0.661. The smallest absolute Gasteiger partial charge is 0.214 e. The van der Waals surface area contributed by atoms with Gasteiger partial charge in [-0.25, -0.2) is 0 Å². The summed E-state index contributed by atoms with van der Waals surface area (Å²) in [4.78, 5) is 0. The number of hydrogen-bond donors (Lipinski definition) is 0. The zero-order valence-electron chi connectivity index (χ0n) is 6.73. The first-order chi connectivity index (χ1) is 6.25. The molecule has 1 radical (unpaired) electrons. The third-order valence-electron chi connectivity index (χ3n) is 1.81. The molecule has 0 unspecified atom stereocenters. The predicted molar refractivity (Wildman–Crippen MR) is 49.4 cm³/mol. The Bertz CT molecular complexity index is 452. The summed E-state index contributed by atoms with van der Waals surface area (Å²) in [5.41, 5.74) is 1.63. The van der Waals surface area contributed by atoms with Gasteiger partial charge >= 0.3 is 0 Å². The maximum Gasteiger partial charge on any atom is 0.214 e. The molecule has 3 nitrogen and oxygen atoms in total. The standard InChI is InChI=1S/C9H7O3S/c10-13(11)6-7-1-2-9-8(5-7)3-4-12-9/h1-3,5-6H,4H2. The summed E-state index contributed by atoms with van der Waals surface area (Å²) in [6.45, 7) is 0.569. The van der Waals surface area contributed by atoms with Gasteiger partial charge in [0.2, 0.25) is 10.3 Å². The van der Waals surface area contributed by atoms with E-state index in [1.807, 2.05) is 6.42 Å². The van der Waals surface area contributed by atoms with E-state index < -0.39 is 10.3 Å². The highest BCUT2D eigenvalue weighted by atomic mass is 32.2. The number of ether oxygens (including phenoxy) is 1. The summed E-state index contributed by atoms with van der Waals surface area (Å²) < 4.78 is 26.0. The second-order valence-corrected chi connectivity index (χ2v) is 3.45. The summed E-state index contributed by atoms with van der Waals surface area (Å²) >= 11 is 0. The van der Waals surface area contributed by atoms with Crippen LogP contribution in [0.3, 0.4) is 0 Å². The molecule has 1 aromatic rings. The molecule has 0 aromatic heterocycles. The molecule has 1 aliphatic rings. The van der Waals surface area contributed by atoms with E-state index in [9.17, 15) is 8.42 Å². The fourth-order valence-electron chi connectivity index (χ4n) is 1.26. The van der Waals surface area contributed by atoms with E-state index in [2.05, 4.69) is 0 Å². The second-order valence-electron chi connectivity index (χ2n) is 2.69. The van der Waals surface area contributed by atoms with Gasteiger partial charge in [0.25, 0.3) is 0 Å². The van der Waals surface area contributed by atoms with Gasteiger partial charge in [-0.2, -0.15) is 8.42 Å². The molecule has 67 valence electrons. The van der Waals surface area contributed by atoms with Crippen molar-refractivity contribution in [2.45, 2.75) is 0 Å². The monoisotopic (exact) mass is 195 g/mol. The molecule has 0 spiro atoms. The zero-order valence-corrected chi connectivity index (χ0v) is 7.54. The molecule has 13 heavy (non-hydrogen) atoms. The number of hydrogen-bond acceptors (Lipinski definition) is 3. The van der Waals surface area contributed by atoms with E-state index in [1.54, 1.807) is 18.2 Å². The van der Waals surface area contributed by atoms with Crippen LogP contribution >= 0.6 is 0 Å². The van der Waals surface area contributed by atoms with Crippen molar-refractivity contribution in [2.24, 2.45) is 0 Å². The molecule has 0 saturated carbocycles. The van der Waals surface area contributed by atoms with Crippen LogP contribution in [-0.4, -0.2) is 20.4 Å². The van der Waals surface area contributed by atoms with E-state index in [4.69, 9.17) is 4.74 Å². The number of rotatable bonds is 1. The Morgan fingerprint density at radius 3 is 3.00 bits per heavy atom. The van der Waals surface area contributed by atoms with Crippen molar-refractivity contribution in [2.75, 3.05) is 6.61 Å². The van der Waals surface area contributed by atoms with Crippen LogP contribution in [0, 0.1) is 6.42 Å². The maximum absolute atomic E-state index is 10.4. The van der Waals surface area contributed by atoms with E-state index in [-0.39, 0.29) is 0 Å². The fourth-order valence-corrected chi connectivity index (χ4v) is 1.63. The lowest BCUT2D eigenvalue weighted by molar-refractivity contribution is 0.377. The molecule has 2 rings (SSSR count). The van der Waals surface area contributed by atoms with E-state index >= 15 is 0 Å². The Hall–Kier alpha value is -1.29. The molecular formula is C9H7O3S. The third-order valence-corrected chi connectivity index (χ3v) is 2.27. The van der Waals surface area contributed by atoms with Gasteiger partial charge in [0.15, 0.2) is 0 Å². The topological polar surface area (TPSA) is 43.4 Å². The Balaban J connectivity index is 2.47. The first-order valence-electron chi connectivity index (χ1n) is 3.79. The van der Waals surface area contributed by atoms with Crippen LogP contribution in [-0.2, 0) is 10.3 Å². The normalized spacial score (nSPS) is 13.2. The van der Waals surface area contributed by atoms with Crippen molar-refractivity contribution in [3.8, 4) is 5.75 Å². The molecule has 0 fully saturated rings. The SMILES string of the molecule is O=S(=O)=Cc1ccc2c(c1)[CH]CO2. The van der Waals surface area contributed by atoms with Crippen LogP contribution in [0.15, 0.2) is 18.2 Å². The lowest BCUT2D eigenvalue weighted by Gasteiger charge is -1.97. The maximum atomic E-state index is 10.4. The van der Waals surface area contributed by atoms with Gasteiger partial charge in [0.05, 0.1) is 12.0 Å². The minimum absolute atomic E-state index is 0.569. The summed E-state index contributed by atoms with van der Waals surface area (Å²) in [6, 6.07) is 5.28. The van der Waals surface area contributed by atoms with Crippen molar-refractivity contribution >= 4 is 15.7 Å². The highest BCUT2D eigenvalue weighted by Crippen LogP contribution is 2.26. The van der Waals surface area contributed by atoms with Crippen molar-refractivity contribution in [1.29, 1.82) is 0 Å². The van der Waals surface area contributed by atoms with Gasteiger partial charge in [0, 0.05) is 12.0 Å². The largest absolute Gasteiger partial charge is 0.493 e. The minimum Gasteiger partial charge on any atom is -0.493 e. The second kappa shape index (κ2) is 3.22. The van der Waals surface area contributed by atoms with Gasteiger partial charge in [-0.15, -0.1) is 0 Å². The van der Waals surface area contributed by atoms with Gasteiger partial charge in [-0.3, -0.25) is 0 Å². The van der Waals surface area contributed by atoms with Crippen molar-refractivity contribution < 1.29 is 13.2 Å². The first kappa shape index (κ1) is 8.31. The Labute approximate surface area is 77.5 Å². The average Bonchev–Trinajstić information content (AvgIpc) is 2.49. The summed E-state index contributed by atoms with van der Waals surface area (Å²) in [5, 5.41) is 1.17. The lowest BCUT2D eigenvalue weighted by Crippen LogP contribution is -1.84. The number of fused-ring (bicyclic) bond motifs is 1. The van der Waals surface area contributed by atoms with Gasteiger partial charge in [-0.05, 0) is 17.7 Å². The molecular weight excluding hydrogens is 188 g/mol. The van der Waals surface area contributed by atoms with E-state index in [1.165, 1.54) is 5.37 Å². The van der Waals surface area contributed by atoms with Crippen LogP contribution in [0.4, 0.5) is 0 Å². The molecule has 0 bridgehead atoms. The van der Waals surface area contributed by atoms with Crippen LogP contribution in [0.25, 0.3) is 0 Å². The Morgan fingerprint density at radius 2 is 2.23 bits per heavy atom. The summed E-state index contributed by atoms with van der Waals surface area (Å²) in [5.74, 6) is 0.814. The molecule has 0 aliphatic carbocycles. The average molecular weight is 195 g/mol. The van der Waals surface area contributed by atoms with Crippen molar-refractivity contribution in [1.82, 2.24) is 0 Å². The molecule has 0 amide bonds. The third kappa shape index (κ3) is 1.72. The van der Waals surface area contributed by atoms with Crippen LogP contribution in [0.1, 0.15) is 11.1 Å². The minimum atomic E-state index is -2.14. The first-order valence-corrected chi connectivity index (χ1v) is 4.92.